The highest BCUT2D eigenvalue weighted by atomic mass is 79.9. The van der Waals surface area contributed by atoms with E-state index in [9.17, 15) is 14.7 Å². The van der Waals surface area contributed by atoms with Crippen LogP contribution in [0.5, 0.6) is 5.75 Å². The van der Waals surface area contributed by atoms with Gasteiger partial charge in [0.15, 0.2) is 0 Å². The molecule has 174 valence electrons. The minimum absolute atomic E-state index is 0.0393. The van der Waals surface area contributed by atoms with Gasteiger partial charge in [0.25, 0.3) is 0 Å². The van der Waals surface area contributed by atoms with Crippen molar-refractivity contribution >= 4 is 28.0 Å². The number of fused-ring (bicyclic) bond motifs is 3. The molecule has 1 N–H and O–H groups in total. The molecule has 1 amide bonds. The van der Waals surface area contributed by atoms with E-state index in [0.717, 1.165) is 32.3 Å². The van der Waals surface area contributed by atoms with Crippen LogP contribution in [0.15, 0.2) is 71.2 Å². The number of hydrogen-bond acceptors (Lipinski definition) is 4. The first kappa shape index (κ1) is 22.5. The largest absolute Gasteiger partial charge is 0.496 e. The zero-order valence-electron chi connectivity index (χ0n) is 18.6. The van der Waals surface area contributed by atoms with Gasteiger partial charge in [0.2, 0.25) is 0 Å². The van der Waals surface area contributed by atoms with Gasteiger partial charge >= 0.3 is 12.1 Å². The fraction of sp³-hybridized carbons (Fsp3) is 0.259. The molecule has 6 nitrogen and oxygen atoms in total. The molecule has 2 aliphatic rings. The summed E-state index contributed by atoms with van der Waals surface area (Å²) in [7, 11) is 1.58. The Morgan fingerprint density at radius 2 is 1.65 bits per heavy atom. The molecule has 7 heteroatoms. The lowest BCUT2D eigenvalue weighted by molar-refractivity contribution is -0.141. The van der Waals surface area contributed by atoms with E-state index in [0.29, 0.717) is 5.75 Å². The molecule has 3 aromatic rings. The molecule has 1 aliphatic heterocycles. The third-order valence-electron chi connectivity index (χ3n) is 6.84. The van der Waals surface area contributed by atoms with Gasteiger partial charge in [-0.3, -0.25) is 4.79 Å². The lowest BCUT2D eigenvalue weighted by Gasteiger charge is -2.19. The second kappa shape index (κ2) is 9.14. The van der Waals surface area contributed by atoms with E-state index < -0.39 is 18.0 Å². The maximum atomic E-state index is 13.0. The van der Waals surface area contributed by atoms with Crippen LogP contribution < -0.4 is 4.74 Å². The van der Waals surface area contributed by atoms with E-state index >= 15 is 0 Å². The molecule has 5 rings (SSSR count). The highest BCUT2D eigenvalue weighted by molar-refractivity contribution is 9.10. The minimum atomic E-state index is -0.925. The number of rotatable bonds is 5. The van der Waals surface area contributed by atoms with Crippen LogP contribution in [-0.2, 0) is 9.53 Å². The van der Waals surface area contributed by atoms with Crippen molar-refractivity contribution in [3.8, 4) is 16.9 Å². The summed E-state index contributed by atoms with van der Waals surface area (Å²) in [5.74, 6) is -1.34. The predicted molar refractivity (Wildman–Crippen MR) is 131 cm³/mol. The SMILES string of the molecule is COc1ccc(C2CN(C(=O)OCC3c4ccccc4-c4ccccc43)CC2C(=O)O)cc1Br. The number of amides is 1. The molecule has 2 atom stereocenters. The summed E-state index contributed by atoms with van der Waals surface area (Å²) in [6.45, 7) is 0.604. The second-order valence-corrected chi connectivity index (χ2v) is 9.51. The van der Waals surface area contributed by atoms with Gasteiger partial charge in [-0.2, -0.15) is 0 Å². The van der Waals surface area contributed by atoms with Crippen molar-refractivity contribution in [1.29, 1.82) is 0 Å². The van der Waals surface area contributed by atoms with Crippen molar-refractivity contribution in [3.63, 3.8) is 0 Å². The van der Waals surface area contributed by atoms with Crippen LogP contribution in [0.25, 0.3) is 11.1 Å². The molecule has 0 spiro atoms. The van der Waals surface area contributed by atoms with Gasteiger partial charge in [-0.25, -0.2) is 4.79 Å². The van der Waals surface area contributed by atoms with Gasteiger partial charge < -0.3 is 19.5 Å². The Labute approximate surface area is 206 Å². The zero-order valence-corrected chi connectivity index (χ0v) is 20.2. The number of hydrogen-bond donors (Lipinski definition) is 1. The van der Waals surface area contributed by atoms with E-state index in [-0.39, 0.29) is 31.5 Å². The summed E-state index contributed by atoms with van der Waals surface area (Å²) < 4.78 is 11.8. The number of carboxylic acids is 1. The van der Waals surface area contributed by atoms with Crippen molar-refractivity contribution < 1.29 is 24.2 Å². The summed E-state index contributed by atoms with van der Waals surface area (Å²) in [6.07, 6.45) is -0.483. The lowest BCUT2D eigenvalue weighted by Crippen LogP contribution is -2.31. The number of carboxylic acid groups (broad SMARTS) is 1. The van der Waals surface area contributed by atoms with Crippen LogP contribution >= 0.6 is 15.9 Å². The number of likely N-dealkylation sites (tertiary alicyclic amines) is 1. The zero-order chi connectivity index (χ0) is 23.8. The van der Waals surface area contributed by atoms with Crippen LogP contribution in [0.2, 0.25) is 0 Å². The Kier molecular flexibility index (Phi) is 6.04. The van der Waals surface area contributed by atoms with Gasteiger partial charge in [-0.15, -0.1) is 0 Å². The molecule has 34 heavy (non-hydrogen) atoms. The van der Waals surface area contributed by atoms with E-state index in [1.807, 2.05) is 36.4 Å². The van der Waals surface area contributed by atoms with Crippen molar-refractivity contribution in [2.24, 2.45) is 5.92 Å². The first-order valence-electron chi connectivity index (χ1n) is 11.1. The number of aliphatic carboxylic acids is 1. The molecule has 2 unspecified atom stereocenters. The first-order valence-corrected chi connectivity index (χ1v) is 11.9. The maximum absolute atomic E-state index is 13.0. The third-order valence-corrected chi connectivity index (χ3v) is 7.46. The van der Waals surface area contributed by atoms with E-state index in [1.54, 1.807) is 13.2 Å². The molecule has 0 radical (unpaired) electrons. The van der Waals surface area contributed by atoms with Crippen LogP contribution in [0.1, 0.15) is 28.5 Å². The Bertz CT molecular complexity index is 1210. The number of halogens is 1. The monoisotopic (exact) mass is 521 g/mol. The maximum Gasteiger partial charge on any atom is 0.409 e. The number of methoxy groups -OCH3 is 1. The number of benzene rings is 3. The summed E-state index contributed by atoms with van der Waals surface area (Å²) in [4.78, 5) is 26.5. The molecule has 3 aromatic carbocycles. The topological polar surface area (TPSA) is 76.1 Å². The summed E-state index contributed by atoms with van der Waals surface area (Å²) in [5.41, 5.74) is 5.45. The molecule has 0 aromatic heterocycles. The van der Waals surface area contributed by atoms with Crippen molar-refractivity contribution in [1.82, 2.24) is 4.90 Å². The van der Waals surface area contributed by atoms with Crippen LogP contribution in [0.3, 0.4) is 0 Å². The van der Waals surface area contributed by atoms with Crippen LogP contribution in [0.4, 0.5) is 4.79 Å². The van der Waals surface area contributed by atoms with E-state index in [2.05, 4.69) is 40.2 Å². The molecule has 1 fully saturated rings. The van der Waals surface area contributed by atoms with Gasteiger partial charge in [-0.1, -0.05) is 54.6 Å². The molecule has 0 saturated carbocycles. The average molecular weight is 522 g/mol. The second-order valence-electron chi connectivity index (χ2n) is 8.65. The summed E-state index contributed by atoms with van der Waals surface area (Å²) in [6, 6.07) is 21.8. The average Bonchev–Trinajstić information content (AvgIpc) is 3.43. The van der Waals surface area contributed by atoms with E-state index in [4.69, 9.17) is 9.47 Å². The molecular formula is C27H24BrNO5. The highest BCUT2D eigenvalue weighted by Crippen LogP contribution is 2.44. The molecule has 1 saturated heterocycles. The van der Waals surface area contributed by atoms with Crippen LogP contribution in [0, 0.1) is 5.92 Å². The fourth-order valence-corrected chi connectivity index (χ4v) is 5.70. The van der Waals surface area contributed by atoms with Crippen molar-refractivity contribution in [2.75, 3.05) is 26.8 Å². The standard InChI is InChI=1S/C27H24BrNO5/c1-33-25-11-10-16(12-24(25)28)21-13-29(14-22(21)26(30)31)27(32)34-15-23-19-8-4-2-6-17(19)18-7-3-5-9-20(18)23/h2-12,21-23H,13-15H2,1H3,(H,30,31). The fourth-order valence-electron chi connectivity index (χ4n) is 5.14. The number of carbonyl (C=O) groups is 2. The predicted octanol–water partition coefficient (Wildman–Crippen LogP) is 5.51. The molecule has 1 heterocycles. The Morgan fingerprint density at radius 1 is 1.00 bits per heavy atom. The molecular weight excluding hydrogens is 498 g/mol. The first-order chi connectivity index (χ1) is 16.5. The normalized spacial score (nSPS) is 18.9. The van der Waals surface area contributed by atoms with Gasteiger partial charge in [0, 0.05) is 24.9 Å². The van der Waals surface area contributed by atoms with Gasteiger partial charge in [0.1, 0.15) is 12.4 Å². The quantitative estimate of drug-likeness (QED) is 0.479. The summed E-state index contributed by atoms with van der Waals surface area (Å²) in [5, 5.41) is 9.82. The minimum Gasteiger partial charge on any atom is -0.496 e. The Morgan fingerprint density at radius 3 is 2.24 bits per heavy atom. The molecule has 0 bridgehead atoms. The number of carbonyl (C=O) groups excluding carboxylic acids is 1. The Hall–Kier alpha value is -3.32. The van der Waals surface area contributed by atoms with E-state index in [1.165, 1.54) is 4.90 Å². The number of nitrogens with zero attached hydrogens (tertiary/aromatic N) is 1. The lowest BCUT2D eigenvalue weighted by atomic mass is 9.89. The van der Waals surface area contributed by atoms with Crippen LogP contribution in [-0.4, -0.2) is 48.9 Å². The smallest absolute Gasteiger partial charge is 0.409 e. The Balaban J connectivity index is 1.32. The van der Waals surface area contributed by atoms with Gasteiger partial charge in [0.05, 0.1) is 17.5 Å². The third kappa shape index (κ3) is 3.94. The van der Waals surface area contributed by atoms with Crippen molar-refractivity contribution in [2.45, 2.75) is 11.8 Å². The number of ether oxygens (including phenoxy) is 2. The van der Waals surface area contributed by atoms with Crippen molar-refractivity contribution in [3.05, 3.63) is 87.9 Å². The van der Waals surface area contributed by atoms with Gasteiger partial charge in [-0.05, 0) is 55.9 Å². The highest BCUT2D eigenvalue weighted by Gasteiger charge is 2.41. The summed E-state index contributed by atoms with van der Waals surface area (Å²) >= 11 is 3.47. The molecule has 1 aliphatic carbocycles.